The zero-order chi connectivity index (χ0) is 11.4. The van der Waals surface area contributed by atoms with Gasteiger partial charge in [-0.25, -0.2) is 0 Å². The molecule has 0 bridgehead atoms. The lowest BCUT2D eigenvalue weighted by molar-refractivity contribution is 0.324. The number of aromatic nitrogens is 2. The summed E-state index contributed by atoms with van der Waals surface area (Å²) in [5.74, 6) is 2.19. The van der Waals surface area contributed by atoms with Crippen LogP contribution < -0.4 is 5.32 Å². The Morgan fingerprint density at radius 3 is 3.06 bits per heavy atom. The van der Waals surface area contributed by atoms with Crippen LogP contribution >= 0.6 is 0 Å². The highest BCUT2D eigenvalue weighted by molar-refractivity contribution is 5.19. The predicted octanol–water partition coefficient (Wildman–Crippen LogP) is 3.19. The largest absolute Gasteiger partial charge is 0.338 e. The van der Waals surface area contributed by atoms with Crippen LogP contribution in [0.25, 0.3) is 0 Å². The van der Waals surface area contributed by atoms with Gasteiger partial charge in [-0.1, -0.05) is 31.8 Å². The molecule has 16 heavy (non-hydrogen) atoms. The van der Waals surface area contributed by atoms with Crippen molar-refractivity contribution < 1.29 is 4.52 Å². The van der Waals surface area contributed by atoms with Crippen LogP contribution in [0.5, 0.6) is 0 Å². The van der Waals surface area contributed by atoms with E-state index in [2.05, 4.69) is 29.3 Å². The Morgan fingerprint density at radius 1 is 1.44 bits per heavy atom. The molecule has 1 aromatic heterocycles. The van der Waals surface area contributed by atoms with E-state index in [1.165, 1.54) is 25.7 Å². The summed E-state index contributed by atoms with van der Waals surface area (Å²) in [6, 6.07) is 0.579. The molecule has 1 heterocycles. The van der Waals surface area contributed by atoms with Gasteiger partial charge in [0.2, 0.25) is 0 Å². The van der Waals surface area contributed by atoms with E-state index in [1.54, 1.807) is 0 Å². The molecule has 4 nitrogen and oxygen atoms in total. The maximum atomic E-state index is 5.18. The number of anilines is 1. The summed E-state index contributed by atoms with van der Waals surface area (Å²) >= 11 is 0. The van der Waals surface area contributed by atoms with Gasteiger partial charge in [0, 0.05) is 12.5 Å². The quantitative estimate of drug-likeness (QED) is 0.851. The van der Waals surface area contributed by atoms with Crippen LogP contribution in [0.4, 0.5) is 6.01 Å². The van der Waals surface area contributed by atoms with Crippen molar-refractivity contribution in [2.24, 2.45) is 5.92 Å². The van der Waals surface area contributed by atoms with Crippen molar-refractivity contribution in [1.82, 2.24) is 10.1 Å². The summed E-state index contributed by atoms with van der Waals surface area (Å²) in [6.45, 7) is 5.32. The van der Waals surface area contributed by atoms with Gasteiger partial charge in [0.1, 0.15) is 0 Å². The van der Waals surface area contributed by atoms with Crippen LogP contribution in [0.2, 0.25) is 0 Å². The minimum Gasteiger partial charge on any atom is -0.338 e. The summed E-state index contributed by atoms with van der Waals surface area (Å²) in [4.78, 5) is 4.42. The minimum absolute atomic E-state index is 0.504. The molecule has 0 radical (unpaired) electrons. The van der Waals surface area contributed by atoms with Crippen molar-refractivity contribution in [3.05, 3.63) is 5.82 Å². The molecule has 0 aliphatic heterocycles. The fraction of sp³-hybridized carbons (Fsp3) is 0.833. The van der Waals surface area contributed by atoms with Gasteiger partial charge in [0.25, 0.3) is 0 Å². The van der Waals surface area contributed by atoms with E-state index in [0.717, 1.165) is 24.7 Å². The number of nitrogens with zero attached hydrogens (tertiary/aromatic N) is 2. The molecule has 1 N–H and O–H groups in total. The molecule has 2 atom stereocenters. The molecular formula is C12H21N3O. The van der Waals surface area contributed by atoms with Crippen molar-refractivity contribution in [2.75, 3.05) is 11.9 Å². The summed E-state index contributed by atoms with van der Waals surface area (Å²) < 4.78 is 5.18. The summed E-state index contributed by atoms with van der Waals surface area (Å²) in [6.07, 6.45) is 6.11. The lowest BCUT2D eigenvalue weighted by atomic mass is 9.82. The summed E-state index contributed by atoms with van der Waals surface area (Å²) in [5, 5.41) is 7.20. The maximum absolute atomic E-state index is 5.18. The van der Waals surface area contributed by atoms with Crippen LogP contribution in [-0.2, 0) is 0 Å². The van der Waals surface area contributed by atoms with Gasteiger partial charge in [-0.15, -0.1) is 0 Å². The standard InChI is InChI=1S/C12H21N3O/c1-3-7-13-12-14-11(15-16-12)10-6-4-5-9(2)8-10/h9-10H,3-8H2,1-2H3,(H,13,14,15). The van der Waals surface area contributed by atoms with Gasteiger partial charge in [-0.3, -0.25) is 0 Å². The molecule has 1 saturated carbocycles. The van der Waals surface area contributed by atoms with Gasteiger partial charge >= 0.3 is 6.01 Å². The average molecular weight is 223 g/mol. The maximum Gasteiger partial charge on any atom is 0.321 e. The van der Waals surface area contributed by atoms with E-state index in [0.29, 0.717) is 11.9 Å². The SMILES string of the molecule is CCCNc1nc(C2CCCC(C)C2)no1. The second-order valence-electron chi connectivity index (χ2n) is 4.85. The topological polar surface area (TPSA) is 51.0 Å². The fourth-order valence-corrected chi connectivity index (χ4v) is 2.37. The van der Waals surface area contributed by atoms with E-state index in [4.69, 9.17) is 4.52 Å². The van der Waals surface area contributed by atoms with Crippen molar-refractivity contribution in [3.8, 4) is 0 Å². The highest BCUT2D eigenvalue weighted by Crippen LogP contribution is 2.34. The molecule has 2 rings (SSSR count). The third-order valence-electron chi connectivity index (χ3n) is 3.27. The highest BCUT2D eigenvalue weighted by atomic mass is 16.5. The number of rotatable bonds is 4. The molecule has 0 saturated heterocycles. The van der Waals surface area contributed by atoms with Gasteiger partial charge in [-0.05, 0) is 25.2 Å². The van der Waals surface area contributed by atoms with Crippen LogP contribution in [-0.4, -0.2) is 16.7 Å². The first-order chi connectivity index (χ1) is 7.79. The van der Waals surface area contributed by atoms with Crippen LogP contribution in [0.1, 0.15) is 57.7 Å². The molecular weight excluding hydrogens is 202 g/mol. The highest BCUT2D eigenvalue weighted by Gasteiger charge is 2.24. The molecule has 0 aromatic carbocycles. The fourth-order valence-electron chi connectivity index (χ4n) is 2.37. The Kier molecular flexibility index (Phi) is 3.80. The number of hydrogen-bond acceptors (Lipinski definition) is 4. The minimum atomic E-state index is 0.504. The monoisotopic (exact) mass is 223 g/mol. The number of nitrogens with one attached hydrogen (secondary N) is 1. The van der Waals surface area contributed by atoms with E-state index < -0.39 is 0 Å². The third kappa shape index (κ3) is 2.74. The Hall–Kier alpha value is -1.06. The Labute approximate surface area is 96.8 Å². The van der Waals surface area contributed by atoms with Crippen molar-refractivity contribution in [1.29, 1.82) is 0 Å². The van der Waals surface area contributed by atoms with Gasteiger partial charge in [0.15, 0.2) is 5.82 Å². The first-order valence-corrected chi connectivity index (χ1v) is 6.37. The molecule has 1 fully saturated rings. The van der Waals surface area contributed by atoms with Crippen LogP contribution in [0, 0.1) is 5.92 Å². The molecule has 0 amide bonds. The zero-order valence-corrected chi connectivity index (χ0v) is 10.2. The molecule has 1 aliphatic carbocycles. The molecule has 2 unspecified atom stereocenters. The van der Waals surface area contributed by atoms with E-state index in [1.807, 2.05) is 0 Å². The lowest BCUT2D eigenvalue weighted by Crippen LogP contribution is -2.13. The molecule has 1 aromatic rings. The first kappa shape index (κ1) is 11.4. The van der Waals surface area contributed by atoms with Gasteiger partial charge in [-0.2, -0.15) is 4.98 Å². The second-order valence-corrected chi connectivity index (χ2v) is 4.85. The average Bonchev–Trinajstić information content (AvgIpc) is 2.75. The smallest absolute Gasteiger partial charge is 0.321 e. The van der Waals surface area contributed by atoms with Crippen molar-refractivity contribution in [3.63, 3.8) is 0 Å². The van der Waals surface area contributed by atoms with Gasteiger partial charge < -0.3 is 9.84 Å². The third-order valence-corrected chi connectivity index (χ3v) is 3.27. The summed E-state index contributed by atoms with van der Waals surface area (Å²) in [7, 11) is 0. The predicted molar refractivity (Wildman–Crippen MR) is 63.5 cm³/mol. The number of hydrogen-bond donors (Lipinski definition) is 1. The van der Waals surface area contributed by atoms with Gasteiger partial charge in [0.05, 0.1) is 0 Å². The van der Waals surface area contributed by atoms with Crippen molar-refractivity contribution in [2.45, 2.75) is 51.9 Å². The summed E-state index contributed by atoms with van der Waals surface area (Å²) in [5.41, 5.74) is 0. The molecule has 0 spiro atoms. The van der Waals surface area contributed by atoms with E-state index in [-0.39, 0.29) is 0 Å². The van der Waals surface area contributed by atoms with E-state index >= 15 is 0 Å². The van der Waals surface area contributed by atoms with E-state index in [9.17, 15) is 0 Å². The first-order valence-electron chi connectivity index (χ1n) is 6.37. The molecule has 90 valence electrons. The van der Waals surface area contributed by atoms with Crippen LogP contribution in [0.15, 0.2) is 4.52 Å². The Morgan fingerprint density at radius 2 is 2.31 bits per heavy atom. The normalized spacial score (nSPS) is 25.6. The van der Waals surface area contributed by atoms with Crippen LogP contribution in [0.3, 0.4) is 0 Å². The zero-order valence-electron chi connectivity index (χ0n) is 10.2. The lowest BCUT2D eigenvalue weighted by Gasteiger charge is -2.23. The Bertz CT molecular complexity index is 324. The molecule has 4 heteroatoms. The second kappa shape index (κ2) is 5.32. The Balaban J connectivity index is 1.95. The van der Waals surface area contributed by atoms with Crippen molar-refractivity contribution >= 4 is 6.01 Å². The molecule has 1 aliphatic rings.